The Labute approximate surface area is 116 Å². The van der Waals surface area contributed by atoms with Crippen LogP contribution in [-0.4, -0.2) is 18.1 Å². The predicted octanol–water partition coefficient (Wildman–Crippen LogP) is 3.82. The van der Waals surface area contributed by atoms with E-state index in [4.69, 9.17) is 0 Å². The molecule has 0 fully saturated rings. The van der Waals surface area contributed by atoms with E-state index >= 15 is 0 Å². The number of carbonyl (C=O) groups excluding carboxylic acids is 1. The number of carbonyl (C=O) groups is 1. The van der Waals surface area contributed by atoms with E-state index in [2.05, 4.69) is 27.7 Å². The first-order valence-electron chi connectivity index (χ1n) is 6.74. The van der Waals surface area contributed by atoms with Gasteiger partial charge in [0.15, 0.2) is 0 Å². The van der Waals surface area contributed by atoms with Crippen LogP contribution >= 0.6 is 0 Å². The van der Waals surface area contributed by atoms with Crippen molar-refractivity contribution in [3.63, 3.8) is 0 Å². The van der Waals surface area contributed by atoms with Gasteiger partial charge < -0.3 is 10.0 Å². The van der Waals surface area contributed by atoms with Crippen molar-refractivity contribution in [2.45, 2.75) is 40.5 Å². The maximum atomic E-state index is 12.2. The van der Waals surface area contributed by atoms with E-state index in [1.54, 1.807) is 36.2 Å². The van der Waals surface area contributed by atoms with Gasteiger partial charge in [0.25, 0.3) is 0 Å². The number of benzene rings is 1. The lowest BCUT2D eigenvalue weighted by atomic mass is 9.84. The van der Waals surface area contributed by atoms with E-state index < -0.39 is 0 Å². The van der Waals surface area contributed by atoms with Gasteiger partial charge in [-0.3, -0.25) is 4.79 Å². The summed E-state index contributed by atoms with van der Waals surface area (Å²) < 4.78 is 0. The molecule has 1 amide bonds. The van der Waals surface area contributed by atoms with E-state index in [0.717, 1.165) is 12.1 Å². The monoisotopic (exact) mass is 263 g/mol. The molecule has 0 radical (unpaired) electrons. The van der Waals surface area contributed by atoms with Gasteiger partial charge in [0.2, 0.25) is 5.91 Å². The molecule has 0 aliphatic heterocycles. The molecule has 106 valence electrons. The van der Waals surface area contributed by atoms with Crippen molar-refractivity contribution < 1.29 is 9.90 Å². The molecule has 0 aromatic heterocycles. The largest absolute Gasteiger partial charge is 0.508 e. The Kier molecular flexibility index (Phi) is 4.98. The van der Waals surface area contributed by atoms with Crippen molar-refractivity contribution in [3.8, 4) is 5.75 Å². The van der Waals surface area contributed by atoms with Crippen LogP contribution in [0.5, 0.6) is 5.75 Å². The lowest BCUT2D eigenvalue weighted by molar-refractivity contribution is -0.119. The second-order valence-corrected chi connectivity index (χ2v) is 6.54. The van der Waals surface area contributed by atoms with Gasteiger partial charge in [-0.15, -0.1) is 0 Å². The zero-order valence-electron chi connectivity index (χ0n) is 12.6. The lowest BCUT2D eigenvalue weighted by Gasteiger charge is -2.25. The number of hydrogen-bond donors (Lipinski definition) is 1. The first-order valence-corrected chi connectivity index (χ1v) is 6.74. The Morgan fingerprint density at radius 1 is 1.26 bits per heavy atom. The number of rotatable bonds is 4. The summed E-state index contributed by atoms with van der Waals surface area (Å²) in [6.07, 6.45) is 1.58. The second-order valence-electron chi connectivity index (χ2n) is 6.54. The molecular formula is C16H25NO2. The predicted molar refractivity (Wildman–Crippen MR) is 79.4 cm³/mol. The molecular weight excluding hydrogens is 238 g/mol. The van der Waals surface area contributed by atoms with E-state index in [0.29, 0.717) is 12.3 Å². The first-order chi connectivity index (χ1) is 8.69. The Bertz CT molecular complexity index is 417. The highest BCUT2D eigenvalue weighted by Gasteiger charge is 2.20. The third-order valence-corrected chi connectivity index (χ3v) is 3.10. The number of amides is 1. The van der Waals surface area contributed by atoms with Gasteiger partial charge in [0.05, 0.1) is 0 Å². The average molecular weight is 263 g/mol. The number of anilines is 1. The minimum absolute atomic E-state index is 0.113. The van der Waals surface area contributed by atoms with E-state index in [-0.39, 0.29) is 17.1 Å². The van der Waals surface area contributed by atoms with Crippen LogP contribution in [-0.2, 0) is 4.79 Å². The first kappa shape index (κ1) is 15.5. The van der Waals surface area contributed by atoms with E-state index in [1.807, 2.05) is 0 Å². The molecule has 1 aromatic carbocycles. The van der Waals surface area contributed by atoms with Crippen LogP contribution < -0.4 is 4.90 Å². The Morgan fingerprint density at radius 2 is 1.79 bits per heavy atom. The average Bonchev–Trinajstić information content (AvgIpc) is 2.26. The topological polar surface area (TPSA) is 40.5 Å². The maximum absolute atomic E-state index is 12.2. The van der Waals surface area contributed by atoms with Gasteiger partial charge in [-0.1, -0.05) is 27.7 Å². The van der Waals surface area contributed by atoms with Gasteiger partial charge in [-0.2, -0.15) is 0 Å². The normalized spacial score (nSPS) is 13.1. The number of phenols is 1. The highest BCUT2D eigenvalue weighted by Crippen LogP contribution is 2.27. The molecule has 1 aromatic rings. The number of nitrogens with zero attached hydrogens (tertiary/aromatic N) is 1. The van der Waals surface area contributed by atoms with Gasteiger partial charge >= 0.3 is 0 Å². The summed E-state index contributed by atoms with van der Waals surface area (Å²) in [5.74, 6) is 0.695. The van der Waals surface area contributed by atoms with Gasteiger partial charge in [0, 0.05) is 19.2 Å². The standard InChI is InChI=1S/C16H25NO2/c1-12(11-16(2,3)4)10-15(19)17(5)13-6-8-14(18)9-7-13/h6-9,12,18H,10-11H2,1-5H3. The number of phenolic OH excluding ortho intramolecular Hbond substituents is 1. The minimum atomic E-state index is 0.113. The lowest BCUT2D eigenvalue weighted by Crippen LogP contribution is -2.28. The van der Waals surface area contributed by atoms with Crippen molar-refractivity contribution >= 4 is 11.6 Å². The fourth-order valence-corrected chi connectivity index (χ4v) is 2.37. The van der Waals surface area contributed by atoms with Gasteiger partial charge in [-0.25, -0.2) is 0 Å². The summed E-state index contributed by atoms with van der Waals surface area (Å²) in [6.45, 7) is 8.70. The van der Waals surface area contributed by atoms with Crippen LogP contribution in [0.1, 0.15) is 40.5 Å². The van der Waals surface area contributed by atoms with Crippen molar-refractivity contribution in [1.29, 1.82) is 0 Å². The minimum Gasteiger partial charge on any atom is -0.508 e. The zero-order valence-corrected chi connectivity index (χ0v) is 12.6. The van der Waals surface area contributed by atoms with Gasteiger partial charge in [0.1, 0.15) is 5.75 Å². The summed E-state index contributed by atoms with van der Waals surface area (Å²) in [7, 11) is 1.78. The van der Waals surface area contributed by atoms with Crippen LogP contribution in [0.15, 0.2) is 24.3 Å². The van der Waals surface area contributed by atoms with Crippen molar-refractivity contribution in [2.75, 3.05) is 11.9 Å². The fourth-order valence-electron chi connectivity index (χ4n) is 2.37. The molecule has 1 atom stereocenters. The SMILES string of the molecule is CC(CC(=O)N(C)c1ccc(O)cc1)CC(C)(C)C. The molecule has 0 saturated heterocycles. The highest BCUT2D eigenvalue weighted by molar-refractivity contribution is 5.92. The highest BCUT2D eigenvalue weighted by atomic mass is 16.3. The molecule has 0 bridgehead atoms. The van der Waals surface area contributed by atoms with Crippen molar-refractivity contribution in [3.05, 3.63) is 24.3 Å². The molecule has 1 rings (SSSR count). The third kappa shape index (κ3) is 5.33. The molecule has 19 heavy (non-hydrogen) atoms. The summed E-state index contributed by atoms with van der Waals surface area (Å²) in [5.41, 5.74) is 1.06. The Hall–Kier alpha value is -1.51. The number of aromatic hydroxyl groups is 1. The maximum Gasteiger partial charge on any atom is 0.226 e. The molecule has 0 spiro atoms. The molecule has 0 aliphatic rings. The third-order valence-electron chi connectivity index (χ3n) is 3.10. The quantitative estimate of drug-likeness (QED) is 0.897. The summed E-state index contributed by atoms with van der Waals surface area (Å²) in [4.78, 5) is 13.8. The van der Waals surface area contributed by atoms with Crippen molar-refractivity contribution in [1.82, 2.24) is 0 Å². The smallest absolute Gasteiger partial charge is 0.226 e. The second kappa shape index (κ2) is 6.09. The van der Waals surface area contributed by atoms with E-state index in [9.17, 15) is 9.90 Å². The summed E-state index contributed by atoms with van der Waals surface area (Å²) in [6, 6.07) is 6.69. The van der Waals surface area contributed by atoms with Crippen LogP contribution in [0.4, 0.5) is 5.69 Å². The molecule has 1 unspecified atom stereocenters. The van der Waals surface area contributed by atoms with E-state index in [1.165, 1.54) is 0 Å². The molecule has 1 N–H and O–H groups in total. The van der Waals surface area contributed by atoms with Crippen molar-refractivity contribution in [2.24, 2.45) is 11.3 Å². The fraction of sp³-hybridized carbons (Fsp3) is 0.562. The summed E-state index contributed by atoms with van der Waals surface area (Å²) >= 11 is 0. The van der Waals surface area contributed by atoms with Crippen LogP contribution in [0.2, 0.25) is 0 Å². The number of hydrogen-bond acceptors (Lipinski definition) is 2. The molecule has 0 saturated carbocycles. The zero-order chi connectivity index (χ0) is 14.6. The Balaban J connectivity index is 2.60. The van der Waals surface area contributed by atoms with Gasteiger partial charge in [-0.05, 0) is 42.0 Å². The molecule has 3 heteroatoms. The van der Waals surface area contributed by atoms with Crippen LogP contribution in [0.25, 0.3) is 0 Å². The molecule has 3 nitrogen and oxygen atoms in total. The van der Waals surface area contributed by atoms with Crippen LogP contribution in [0, 0.1) is 11.3 Å². The summed E-state index contributed by atoms with van der Waals surface area (Å²) in [5, 5.41) is 9.25. The molecule has 0 heterocycles. The Morgan fingerprint density at radius 3 is 2.26 bits per heavy atom. The molecule has 0 aliphatic carbocycles. The van der Waals surface area contributed by atoms with Crippen LogP contribution in [0.3, 0.4) is 0 Å².